The molecule has 0 saturated heterocycles. The van der Waals surface area contributed by atoms with E-state index >= 15 is 0 Å². The van der Waals surface area contributed by atoms with E-state index in [9.17, 15) is 4.79 Å². The second-order valence-electron chi connectivity index (χ2n) is 5.24. The SMILES string of the molecule is O=C(CCCn1c(-c2ccccc2)cc2ccccc21)NO. The maximum atomic E-state index is 11.2. The number of nitrogens with one attached hydrogen (secondary N) is 1. The maximum absolute atomic E-state index is 11.2. The number of aryl methyl sites for hydroxylation is 1. The van der Waals surface area contributed by atoms with Crippen molar-refractivity contribution in [2.75, 3.05) is 0 Å². The van der Waals surface area contributed by atoms with E-state index in [-0.39, 0.29) is 5.91 Å². The zero-order valence-corrected chi connectivity index (χ0v) is 12.2. The molecule has 1 amide bonds. The highest BCUT2D eigenvalue weighted by Crippen LogP contribution is 2.28. The highest BCUT2D eigenvalue weighted by molar-refractivity contribution is 5.87. The van der Waals surface area contributed by atoms with Crippen LogP contribution in [0.25, 0.3) is 22.2 Å². The number of aromatic nitrogens is 1. The molecule has 0 atom stereocenters. The molecule has 0 unspecified atom stereocenters. The number of nitrogens with zero attached hydrogens (tertiary/aromatic N) is 1. The highest BCUT2D eigenvalue weighted by Gasteiger charge is 2.10. The maximum Gasteiger partial charge on any atom is 0.243 e. The molecule has 1 aromatic heterocycles. The van der Waals surface area contributed by atoms with Crippen molar-refractivity contribution >= 4 is 16.8 Å². The minimum absolute atomic E-state index is 0.303. The van der Waals surface area contributed by atoms with Gasteiger partial charge in [0.1, 0.15) is 0 Å². The molecule has 3 aromatic rings. The van der Waals surface area contributed by atoms with Gasteiger partial charge in [-0.2, -0.15) is 0 Å². The van der Waals surface area contributed by atoms with Gasteiger partial charge in [0.25, 0.3) is 0 Å². The summed E-state index contributed by atoms with van der Waals surface area (Å²) in [6.07, 6.45) is 0.974. The summed E-state index contributed by atoms with van der Waals surface area (Å²) in [5.74, 6) is -0.349. The zero-order valence-electron chi connectivity index (χ0n) is 12.2. The van der Waals surface area contributed by atoms with Crippen molar-refractivity contribution in [3.8, 4) is 11.3 Å². The summed E-state index contributed by atoms with van der Waals surface area (Å²) in [6.45, 7) is 0.727. The molecule has 0 aliphatic carbocycles. The van der Waals surface area contributed by atoms with Crippen LogP contribution in [-0.2, 0) is 11.3 Å². The van der Waals surface area contributed by atoms with Crippen LogP contribution >= 0.6 is 0 Å². The van der Waals surface area contributed by atoms with Crippen molar-refractivity contribution in [1.29, 1.82) is 0 Å². The predicted octanol–water partition coefficient (Wildman–Crippen LogP) is 3.59. The Morgan fingerprint density at radius 3 is 2.55 bits per heavy atom. The van der Waals surface area contributed by atoms with Crippen LogP contribution in [-0.4, -0.2) is 15.7 Å². The number of hydroxylamine groups is 1. The fourth-order valence-electron chi connectivity index (χ4n) is 2.75. The molecular formula is C18H18N2O2. The van der Waals surface area contributed by atoms with Crippen LogP contribution in [0.2, 0.25) is 0 Å². The molecule has 0 aliphatic rings. The Balaban J connectivity index is 1.97. The molecule has 3 rings (SSSR count). The van der Waals surface area contributed by atoms with E-state index < -0.39 is 0 Å². The Bertz CT molecular complexity index is 778. The molecule has 0 saturated carbocycles. The lowest BCUT2D eigenvalue weighted by Gasteiger charge is -2.10. The monoisotopic (exact) mass is 294 g/mol. The van der Waals surface area contributed by atoms with Gasteiger partial charge in [0.15, 0.2) is 0 Å². The van der Waals surface area contributed by atoms with Gasteiger partial charge in [0, 0.05) is 29.6 Å². The van der Waals surface area contributed by atoms with Gasteiger partial charge in [-0.25, -0.2) is 5.48 Å². The smallest absolute Gasteiger partial charge is 0.243 e. The Morgan fingerprint density at radius 2 is 1.77 bits per heavy atom. The van der Waals surface area contributed by atoms with Crippen molar-refractivity contribution in [1.82, 2.24) is 10.0 Å². The van der Waals surface area contributed by atoms with Crippen molar-refractivity contribution in [3.05, 3.63) is 60.7 Å². The normalized spacial score (nSPS) is 10.8. The number of carbonyl (C=O) groups is 1. The lowest BCUT2D eigenvalue weighted by Crippen LogP contribution is -2.18. The van der Waals surface area contributed by atoms with E-state index in [2.05, 4.69) is 34.9 Å². The number of rotatable bonds is 5. The summed E-state index contributed by atoms with van der Waals surface area (Å²) in [6, 6.07) is 20.6. The quantitative estimate of drug-likeness (QED) is 0.558. The fourth-order valence-corrected chi connectivity index (χ4v) is 2.75. The van der Waals surface area contributed by atoms with Crippen molar-refractivity contribution in [3.63, 3.8) is 0 Å². The van der Waals surface area contributed by atoms with Crippen LogP contribution < -0.4 is 5.48 Å². The molecule has 4 heteroatoms. The van der Waals surface area contributed by atoms with Crippen molar-refractivity contribution < 1.29 is 10.0 Å². The number of amides is 1. The summed E-state index contributed by atoms with van der Waals surface area (Å²) in [7, 11) is 0. The number of carbonyl (C=O) groups excluding carboxylic acids is 1. The van der Waals surface area contributed by atoms with Gasteiger partial charge < -0.3 is 4.57 Å². The summed E-state index contributed by atoms with van der Waals surface area (Å²) >= 11 is 0. The van der Waals surface area contributed by atoms with Crippen LogP contribution in [0.5, 0.6) is 0 Å². The first-order chi connectivity index (χ1) is 10.8. The second kappa shape index (κ2) is 6.45. The minimum Gasteiger partial charge on any atom is -0.340 e. The number of hydrogen-bond donors (Lipinski definition) is 2. The molecule has 0 fully saturated rings. The Hall–Kier alpha value is -2.59. The third kappa shape index (κ3) is 2.87. The molecule has 0 spiro atoms. The van der Waals surface area contributed by atoms with Crippen LogP contribution in [0.15, 0.2) is 60.7 Å². The number of para-hydroxylation sites is 1. The van der Waals surface area contributed by atoms with Crippen LogP contribution in [0, 0.1) is 0 Å². The molecule has 0 bridgehead atoms. The van der Waals surface area contributed by atoms with Gasteiger partial charge in [-0.1, -0.05) is 48.5 Å². The Morgan fingerprint density at radius 1 is 1.05 bits per heavy atom. The standard InChI is InChI=1S/C18H18N2O2/c21-18(19-22)11-6-12-20-16-10-5-4-9-15(16)13-17(20)14-7-2-1-3-8-14/h1-5,7-10,13,22H,6,11-12H2,(H,19,21). The first kappa shape index (κ1) is 14.4. The summed E-state index contributed by atoms with van der Waals surface area (Å²) in [5, 5.41) is 9.78. The van der Waals surface area contributed by atoms with E-state index in [0.717, 1.165) is 23.3 Å². The third-order valence-electron chi connectivity index (χ3n) is 3.79. The van der Waals surface area contributed by atoms with Crippen molar-refractivity contribution in [2.24, 2.45) is 0 Å². The second-order valence-corrected chi connectivity index (χ2v) is 5.24. The van der Waals surface area contributed by atoms with E-state index in [1.807, 2.05) is 30.3 Å². The summed E-state index contributed by atoms with van der Waals surface area (Å²) < 4.78 is 2.23. The van der Waals surface area contributed by atoms with Crippen LogP contribution in [0.4, 0.5) is 0 Å². The first-order valence-corrected chi connectivity index (χ1v) is 7.36. The lowest BCUT2D eigenvalue weighted by atomic mass is 10.1. The first-order valence-electron chi connectivity index (χ1n) is 7.36. The van der Waals surface area contributed by atoms with Gasteiger partial charge >= 0.3 is 0 Å². The lowest BCUT2D eigenvalue weighted by molar-refractivity contribution is -0.129. The number of benzene rings is 2. The van der Waals surface area contributed by atoms with E-state index in [4.69, 9.17) is 5.21 Å². The van der Waals surface area contributed by atoms with Gasteiger partial charge in [0.2, 0.25) is 5.91 Å². The molecule has 112 valence electrons. The molecule has 0 aliphatic heterocycles. The minimum atomic E-state index is -0.349. The third-order valence-corrected chi connectivity index (χ3v) is 3.79. The molecule has 4 nitrogen and oxygen atoms in total. The van der Waals surface area contributed by atoms with Crippen LogP contribution in [0.3, 0.4) is 0 Å². The van der Waals surface area contributed by atoms with Crippen molar-refractivity contribution in [2.45, 2.75) is 19.4 Å². The zero-order chi connectivity index (χ0) is 15.4. The average Bonchev–Trinajstić information content (AvgIpc) is 2.94. The van der Waals surface area contributed by atoms with Crippen LogP contribution in [0.1, 0.15) is 12.8 Å². The molecule has 22 heavy (non-hydrogen) atoms. The van der Waals surface area contributed by atoms with E-state index in [1.165, 1.54) is 5.39 Å². The van der Waals surface area contributed by atoms with Gasteiger partial charge in [-0.3, -0.25) is 10.0 Å². The summed E-state index contributed by atoms with van der Waals surface area (Å²) in [4.78, 5) is 11.2. The Labute approximate surface area is 129 Å². The fraction of sp³-hybridized carbons (Fsp3) is 0.167. The average molecular weight is 294 g/mol. The molecule has 2 aromatic carbocycles. The number of hydrogen-bond acceptors (Lipinski definition) is 2. The highest BCUT2D eigenvalue weighted by atomic mass is 16.5. The Kier molecular flexibility index (Phi) is 4.21. The molecule has 0 radical (unpaired) electrons. The predicted molar refractivity (Wildman–Crippen MR) is 86.5 cm³/mol. The molecule has 2 N–H and O–H groups in total. The molecular weight excluding hydrogens is 276 g/mol. The largest absolute Gasteiger partial charge is 0.340 e. The molecule has 1 heterocycles. The summed E-state index contributed by atoms with van der Waals surface area (Å²) in [5.41, 5.74) is 5.14. The topological polar surface area (TPSA) is 54.3 Å². The van der Waals surface area contributed by atoms with Gasteiger partial charge in [-0.05, 0) is 24.1 Å². The van der Waals surface area contributed by atoms with Gasteiger partial charge in [0.05, 0.1) is 0 Å². The van der Waals surface area contributed by atoms with E-state index in [1.54, 1.807) is 5.48 Å². The van der Waals surface area contributed by atoms with Gasteiger partial charge in [-0.15, -0.1) is 0 Å². The number of fused-ring (bicyclic) bond motifs is 1. The van der Waals surface area contributed by atoms with E-state index in [0.29, 0.717) is 12.8 Å².